The van der Waals surface area contributed by atoms with Gasteiger partial charge < -0.3 is 19.3 Å². The summed E-state index contributed by atoms with van der Waals surface area (Å²) in [4.78, 5) is 29.9. The molecule has 172 valence electrons. The smallest absolute Gasteiger partial charge is 0.410 e. The van der Waals surface area contributed by atoms with Gasteiger partial charge in [0.15, 0.2) is 0 Å². The second kappa shape index (κ2) is 10.1. The molecular formula is C26H34N2O4. The molecule has 32 heavy (non-hydrogen) atoms. The number of carbonyl (C=O) groups is 2. The number of benzene rings is 2. The number of hydrogen-bond acceptors (Lipinski definition) is 4. The van der Waals surface area contributed by atoms with Crippen molar-refractivity contribution in [3.63, 3.8) is 0 Å². The number of hydrogen-bond donors (Lipinski definition) is 0. The fraction of sp³-hybridized carbons (Fsp3) is 0.462. The number of ether oxygens (including phenoxy) is 2. The summed E-state index contributed by atoms with van der Waals surface area (Å²) >= 11 is 0. The third kappa shape index (κ3) is 5.81. The van der Waals surface area contributed by atoms with E-state index in [-0.39, 0.29) is 24.1 Å². The Morgan fingerprint density at radius 2 is 1.75 bits per heavy atom. The fourth-order valence-corrected chi connectivity index (χ4v) is 3.87. The molecular weight excluding hydrogens is 404 g/mol. The molecule has 3 rings (SSSR count). The molecule has 6 heteroatoms. The lowest BCUT2D eigenvalue weighted by Gasteiger charge is -2.35. The van der Waals surface area contributed by atoms with Crippen LogP contribution in [0.5, 0.6) is 11.5 Å². The van der Waals surface area contributed by atoms with E-state index in [1.807, 2.05) is 74.2 Å². The van der Waals surface area contributed by atoms with Crippen LogP contribution in [0.25, 0.3) is 0 Å². The van der Waals surface area contributed by atoms with Crippen LogP contribution in [0.1, 0.15) is 57.8 Å². The highest BCUT2D eigenvalue weighted by molar-refractivity contribution is 5.97. The van der Waals surface area contributed by atoms with Crippen LogP contribution < -0.4 is 4.74 Å². The largest absolute Gasteiger partial charge is 0.457 e. The summed E-state index contributed by atoms with van der Waals surface area (Å²) in [5, 5.41) is 0. The van der Waals surface area contributed by atoms with Crippen molar-refractivity contribution < 1.29 is 19.1 Å². The minimum atomic E-state index is -0.547. The molecule has 0 saturated carbocycles. The Balaban J connectivity index is 1.82. The van der Waals surface area contributed by atoms with E-state index in [2.05, 4.69) is 13.8 Å². The Bertz CT molecular complexity index is 923. The Kier molecular flexibility index (Phi) is 7.44. The van der Waals surface area contributed by atoms with Gasteiger partial charge in [-0.2, -0.15) is 0 Å². The molecule has 1 aliphatic heterocycles. The van der Waals surface area contributed by atoms with E-state index in [4.69, 9.17) is 9.47 Å². The molecule has 0 radical (unpaired) electrons. The van der Waals surface area contributed by atoms with Crippen molar-refractivity contribution in [3.8, 4) is 11.5 Å². The normalized spacial score (nSPS) is 17.0. The van der Waals surface area contributed by atoms with Gasteiger partial charge in [-0.15, -0.1) is 0 Å². The summed E-state index contributed by atoms with van der Waals surface area (Å²) in [5.41, 5.74) is -0.0258. The average Bonchev–Trinajstić information content (AvgIpc) is 3.23. The first-order chi connectivity index (χ1) is 15.2. The fourth-order valence-electron chi connectivity index (χ4n) is 3.87. The van der Waals surface area contributed by atoms with Crippen molar-refractivity contribution in [1.82, 2.24) is 9.80 Å². The van der Waals surface area contributed by atoms with E-state index in [0.717, 1.165) is 12.8 Å². The van der Waals surface area contributed by atoms with Gasteiger partial charge in [-0.3, -0.25) is 4.79 Å². The van der Waals surface area contributed by atoms with Crippen molar-refractivity contribution in [2.75, 3.05) is 13.1 Å². The first-order valence-corrected chi connectivity index (χ1v) is 11.3. The quantitative estimate of drug-likeness (QED) is 0.578. The van der Waals surface area contributed by atoms with Crippen LogP contribution in [0, 0.1) is 0 Å². The molecule has 1 fully saturated rings. The molecule has 0 N–H and O–H groups in total. The molecule has 6 nitrogen and oxygen atoms in total. The highest BCUT2D eigenvalue weighted by Crippen LogP contribution is 2.29. The zero-order valence-electron chi connectivity index (χ0n) is 19.7. The molecule has 1 aliphatic rings. The van der Waals surface area contributed by atoms with Crippen LogP contribution in [0.3, 0.4) is 0 Å². The maximum Gasteiger partial charge on any atom is 0.410 e. The highest BCUT2D eigenvalue weighted by Gasteiger charge is 2.37. The van der Waals surface area contributed by atoms with Crippen LogP contribution in [0.15, 0.2) is 54.6 Å². The molecule has 1 unspecified atom stereocenters. The molecule has 0 spiro atoms. The highest BCUT2D eigenvalue weighted by atomic mass is 16.6. The van der Waals surface area contributed by atoms with Gasteiger partial charge in [0.1, 0.15) is 17.1 Å². The van der Waals surface area contributed by atoms with Crippen LogP contribution in [0.2, 0.25) is 0 Å². The monoisotopic (exact) mass is 438 g/mol. The van der Waals surface area contributed by atoms with Crippen molar-refractivity contribution in [2.24, 2.45) is 0 Å². The third-order valence-electron chi connectivity index (χ3n) is 5.60. The standard InChI is InChI=1S/C26H34N2O4/c1-6-19(2)28(20-16-17-27(18-20)25(30)32-26(3,4)5)24(29)22-14-10-11-15-23(22)31-21-12-8-7-9-13-21/h7-15,19-20H,6,16-18H2,1-5H3/t19?,20-/m0/s1. The molecule has 1 heterocycles. The predicted octanol–water partition coefficient (Wildman–Crippen LogP) is 5.73. The predicted molar refractivity (Wildman–Crippen MR) is 125 cm³/mol. The van der Waals surface area contributed by atoms with Crippen molar-refractivity contribution in [3.05, 3.63) is 60.2 Å². The maximum absolute atomic E-state index is 13.8. The van der Waals surface area contributed by atoms with Crippen LogP contribution in [0.4, 0.5) is 4.79 Å². The molecule has 0 aliphatic carbocycles. The number of carbonyl (C=O) groups excluding carboxylic acids is 2. The zero-order chi connectivity index (χ0) is 23.3. The summed E-state index contributed by atoms with van der Waals surface area (Å²) in [6, 6.07) is 16.7. The Hall–Kier alpha value is -3.02. The SMILES string of the molecule is CCC(C)N(C(=O)c1ccccc1Oc1ccccc1)[C@H]1CCN(C(=O)OC(C)(C)C)C1. The van der Waals surface area contributed by atoms with Crippen LogP contribution in [-0.4, -0.2) is 52.6 Å². The lowest BCUT2D eigenvalue weighted by Crippen LogP contribution is -2.47. The summed E-state index contributed by atoms with van der Waals surface area (Å²) in [7, 11) is 0. The van der Waals surface area contributed by atoms with Gasteiger partial charge in [0.2, 0.25) is 0 Å². The number of para-hydroxylation sites is 2. The minimum Gasteiger partial charge on any atom is -0.457 e. The molecule has 2 aromatic carbocycles. The van der Waals surface area contributed by atoms with Crippen LogP contribution in [-0.2, 0) is 4.74 Å². The van der Waals surface area contributed by atoms with E-state index in [1.165, 1.54) is 0 Å². The molecule has 2 aromatic rings. The van der Waals surface area contributed by atoms with E-state index in [0.29, 0.717) is 30.2 Å². The van der Waals surface area contributed by atoms with E-state index in [1.54, 1.807) is 11.0 Å². The lowest BCUT2D eigenvalue weighted by atomic mass is 10.1. The number of nitrogens with zero attached hydrogens (tertiary/aromatic N) is 2. The van der Waals surface area contributed by atoms with E-state index < -0.39 is 5.60 Å². The second-order valence-corrected chi connectivity index (χ2v) is 9.25. The second-order valence-electron chi connectivity index (χ2n) is 9.25. The molecule has 0 aromatic heterocycles. The number of likely N-dealkylation sites (tertiary alicyclic amines) is 1. The van der Waals surface area contributed by atoms with Crippen molar-refractivity contribution in [1.29, 1.82) is 0 Å². The third-order valence-corrected chi connectivity index (χ3v) is 5.60. The summed E-state index contributed by atoms with van der Waals surface area (Å²) in [6.45, 7) is 10.7. The maximum atomic E-state index is 13.8. The Morgan fingerprint density at radius 3 is 2.41 bits per heavy atom. The molecule has 2 atom stereocenters. The molecule has 0 bridgehead atoms. The topological polar surface area (TPSA) is 59.1 Å². The van der Waals surface area contributed by atoms with E-state index in [9.17, 15) is 9.59 Å². The molecule has 2 amide bonds. The summed E-state index contributed by atoms with van der Waals surface area (Å²) < 4.78 is 11.6. The number of amides is 2. The minimum absolute atomic E-state index is 0.0240. The Morgan fingerprint density at radius 1 is 1.09 bits per heavy atom. The van der Waals surface area contributed by atoms with Gasteiger partial charge >= 0.3 is 6.09 Å². The Labute approximate surface area is 191 Å². The number of rotatable bonds is 6. The van der Waals surface area contributed by atoms with Crippen molar-refractivity contribution in [2.45, 2.75) is 65.1 Å². The van der Waals surface area contributed by atoms with Gasteiger partial charge in [-0.05, 0) is 64.8 Å². The van der Waals surface area contributed by atoms with Gasteiger partial charge in [-0.25, -0.2) is 4.79 Å². The van der Waals surface area contributed by atoms with Crippen molar-refractivity contribution >= 4 is 12.0 Å². The lowest BCUT2D eigenvalue weighted by molar-refractivity contribution is 0.0266. The summed E-state index contributed by atoms with van der Waals surface area (Å²) in [5.74, 6) is 1.13. The van der Waals surface area contributed by atoms with Crippen LogP contribution >= 0.6 is 0 Å². The van der Waals surface area contributed by atoms with E-state index >= 15 is 0 Å². The van der Waals surface area contributed by atoms with Gasteiger partial charge in [0.25, 0.3) is 5.91 Å². The summed E-state index contributed by atoms with van der Waals surface area (Å²) in [6.07, 6.45) is 1.21. The first kappa shape index (κ1) is 23.6. The average molecular weight is 439 g/mol. The van der Waals surface area contributed by atoms with Gasteiger partial charge in [0.05, 0.1) is 11.6 Å². The van der Waals surface area contributed by atoms with Gasteiger partial charge in [-0.1, -0.05) is 37.3 Å². The zero-order valence-corrected chi connectivity index (χ0v) is 19.7. The van der Waals surface area contributed by atoms with Gasteiger partial charge in [0, 0.05) is 19.1 Å². The first-order valence-electron chi connectivity index (χ1n) is 11.3. The molecule has 1 saturated heterocycles.